The quantitative estimate of drug-likeness (QED) is 0.733. The molecular weight excluding hydrogens is 246 g/mol. The van der Waals surface area contributed by atoms with Crippen molar-refractivity contribution in [1.29, 1.82) is 0 Å². The summed E-state index contributed by atoms with van der Waals surface area (Å²) in [4.78, 5) is 11.3. The molecule has 1 aliphatic carbocycles. The van der Waals surface area contributed by atoms with Crippen LogP contribution in [0.3, 0.4) is 0 Å². The van der Waals surface area contributed by atoms with Gasteiger partial charge in [0.05, 0.1) is 0 Å². The summed E-state index contributed by atoms with van der Waals surface area (Å²) >= 11 is 0. The monoisotopic (exact) mass is 273 g/mol. The third-order valence-electron chi connectivity index (χ3n) is 3.42. The average Bonchev–Trinajstić information content (AvgIpc) is 2.60. The molecule has 0 aliphatic heterocycles. The van der Waals surface area contributed by atoms with E-state index in [9.17, 15) is 4.79 Å². The van der Waals surface area contributed by atoms with Crippen LogP contribution in [0.15, 0.2) is 48.2 Å². The Morgan fingerprint density at radius 2 is 2.15 bits per heavy atom. The number of amides is 1. The third-order valence-corrected chi connectivity index (χ3v) is 3.42. The van der Waals surface area contributed by atoms with Crippen molar-refractivity contribution in [2.45, 2.75) is 47.0 Å². The zero-order chi connectivity index (χ0) is 15.2. The fraction of sp³-hybridized carbons (Fsp3) is 0.500. The van der Waals surface area contributed by atoms with Crippen LogP contribution in [0.2, 0.25) is 0 Å². The van der Waals surface area contributed by atoms with E-state index in [0.717, 1.165) is 18.5 Å². The van der Waals surface area contributed by atoms with Gasteiger partial charge in [-0.2, -0.15) is 0 Å². The molecule has 1 aliphatic rings. The van der Waals surface area contributed by atoms with Crippen LogP contribution in [0.4, 0.5) is 0 Å². The van der Waals surface area contributed by atoms with Crippen molar-refractivity contribution in [3.8, 4) is 0 Å². The van der Waals surface area contributed by atoms with E-state index in [1.165, 1.54) is 18.1 Å². The fourth-order valence-electron chi connectivity index (χ4n) is 2.45. The molecule has 2 heteroatoms. The number of rotatable bonds is 5. The van der Waals surface area contributed by atoms with Gasteiger partial charge in [-0.15, -0.1) is 0 Å². The molecule has 2 nitrogen and oxygen atoms in total. The van der Waals surface area contributed by atoms with Gasteiger partial charge in [0.15, 0.2) is 0 Å². The zero-order valence-electron chi connectivity index (χ0n) is 13.2. The predicted molar refractivity (Wildman–Crippen MR) is 86.1 cm³/mol. The van der Waals surface area contributed by atoms with Gasteiger partial charge < -0.3 is 5.32 Å². The van der Waals surface area contributed by atoms with E-state index in [1.807, 2.05) is 6.08 Å². The van der Waals surface area contributed by atoms with Crippen molar-refractivity contribution in [3.05, 3.63) is 48.2 Å². The number of carbonyl (C=O) groups excluding carboxylic acids is 1. The molecule has 0 aromatic carbocycles. The Bertz CT molecular complexity index is 447. The first-order chi connectivity index (χ1) is 9.35. The molecule has 1 N–H and O–H groups in total. The Morgan fingerprint density at radius 3 is 2.70 bits per heavy atom. The fourth-order valence-corrected chi connectivity index (χ4v) is 2.45. The minimum Gasteiger partial charge on any atom is -0.326 e. The highest BCUT2D eigenvalue weighted by Crippen LogP contribution is 2.32. The van der Waals surface area contributed by atoms with Gasteiger partial charge in [0.25, 0.3) is 0 Å². The topological polar surface area (TPSA) is 29.1 Å². The van der Waals surface area contributed by atoms with Crippen LogP contribution in [0, 0.1) is 11.3 Å². The van der Waals surface area contributed by atoms with Crippen molar-refractivity contribution in [2.24, 2.45) is 11.3 Å². The maximum atomic E-state index is 11.3. The molecule has 0 saturated heterocycles. The molecule has 0 heterocycles. The summed E-state index contributed by atoms with van der Waals surface area (Å²) in [6.45, 7) is 12.5. The summed E-state index contributed by atoms with van der Waals surface area (Å²) in [6.07, 6.45) is 12.8. The van der Waals surface area contributed by atoms with Gasteiger partial charge in [0, 0.05) is 12.1 Å². The van der Waals surface area contributed by atoms with E-state index < -0.39 is 0 Å². The molecule has 110 valence electrons. The summed E-state index contributed by atoms with van der Waals surface area (Å²) in [5.41, 5.74) is 2.60. The summed E-state index contributed by atoms with van der Waals surface area (Å²) in [5, 5.41) is 2.84. The van der Waals surface area contributed by atoms with Gasteiger partial charge in [-0.25, -0.2) is 0 Å². The van der Waals surface area contributed by atoms with Gasteiger partial charge in [-0.1, -0.05) is 52.5 Å². The molecule has 0 aromatic rings. The van der Waals surface area contributed by atoms with Crippen LogP contribution < -0.4 is 5.32 Å². The molecular formula is C18H27NO. The van der Waals surface area contributed by atoms with Crippen LogP contribution >= 0.6 is 0 Å². The van der Waals surface area contributed by atoms with E-state index >= 15 is 0 Å². The predicted octanol–water partition coefficient (Wildman–Crippen LogP) is 4.52. The Kier molecular flexibility index (Phi) is 6.00. The van der Waals surface area contributed by atoms with E-state index in [-0.39, 0.29) is 5.91 Å². The molecule has 0 saturated carbocycles. The number of hydrogen-bond acceptors (Lipinski definition) is 1. The zero-order valence-corrected chi connectivity index (χ0v) is 13.2. The Hall–Kier alpha value is -1.57. The van der Waals surface area contributed by atoms with Crippen molar-refractivity contribution < 1.29 is 4.79 Å². The Balaban J connectivity index is 2.84. The molecule has 1 atom stereocenters. The first kappa shape index (κ1) is 16.5. The molecule has 1 amide bonds. The number of hydrogen-bond donors (Lipinski definition) is 1. The highest BCUT2D eigenvalue weighted by atomic mass is 16.1. The second-order valence-corrected chi connectivity index (χ2v) is 6.53. The van der Waals surface area contributed by atoms with E-state index in [1.54, 1.807) is 0 Å². The highest BCUT2D eigenvalue weighted by Gasteiger charge is 2.19. The molecule has 0 radical (unpaired) electrons. The number of carbonyl (C=O) groups is 1. The van der Waals surface area contributed by atoms with E-state index in [4.69, 9.17) is 0 Å². The maximum absolute atomic E-state index is 11.3. The highest BCUT2D eigenvalue weighted by molar-refractivity contribution is 5.88. The molecule has 0 fully saturated rings. The second kappa shape index (κ2) is 7.28. The summed E-state index contributed by atoms with van der Waals surface area (Å²) < 4.78 is 0. The molecule has 1 unspecified atom stereocenters. The molecule has 0 aromatic heterocycles. The van der Waals surface area contributed by atoms with Crippen LogP contribution in [0.1, 0.15) is 47.0 Å². The number of nitrogens with one attached hydrogen (secondary N) is 1. The van der Waals surface area contributed by atoms with Gasteiger partial charge in [0.2, 0.25) is 5.91 Å². The van der Waals surface area contributed by atoms with Crippen LogP contribution in [-0.2, 0) is 4.79 Å². The van der Waals surface area contributed by atoms with Crippen molar-refractivity contribution in [3.63, 3.8) is 0 Å². The molecule has 0 spiro atoms. The second-order valence-electron chi connectivity index (χ2n) is 6.53. The lowest BCUT2D eigenvalue weighted by Gasteiger charge is -2.26. The van der Waals surface area contributed by atoms with Crippen LogP contribution in [-0.4, -0.2) is 5.91 Å². The van der Waals surface area contributed by atoms with E-state index in [0.29, 0.717) is 11.3 Å². The van der Waals surface area contributed by atoms with Gasteiger partial charge in [-0.3, -0.25) is 4.79 Å². The van der Waals surface area contributed by atoms with Crippen LogP contribution in [0.5, 0.6) is 0 Å². The maximum Gasteiger partial charge on any atom is 0.247 e. The smallest absolute Gasteiger partial charge is 0.247 e. The Morgan fingerprint density at radius 1 is 1.45 bits per heavy atom. The SMILES string of the molecule is C=CC(=O)NC1=CC=C(C(CC)CC(C)(C)C)C=CC1. The third kappa shape index (κ3) is 5.60. The molecule has 20 heavy (non-hydrogen) atoms. The lowest BCUT2D eigenvalue weighted by molar-refractivity contribution is -0.115. The first-order valence-electron chi connectivity index (χ1n) is 7.36. The normalized spacial score (nSPS) is 16.8. The standard InChI is InChI=1S/C18H27NO/c1-6-14(13-18(3,4)5)15-9-8-10-16(12-11-15)19-17(20)7-2/h7-9,11-12,14H,2,6,10,13H2,1,3-5H3,(H,19,20). The largest absolute Gasteiger partial charge is 0.326 e. The molecule has 0 bridgehead atoms. The van der Waals surface area contributed by atoms with Gasteiger partial charge in [-0.05, 0) is 41.9 Å². The lowest BCUT2D eigenvalue weighted by atomic mass is 9.80. The van der Waals surface area contributed by atoms with Crippen molar-refractivity contribution in [1.82, 2.24) is 5.32 Å². The molecule has 1 rings (SSSR count). The van der Waals surface area contributed by atoms with Crippen molar-refractivity contribution >= 4 is 5.91 Å². The van der Waals surface area contributed by atoms with Crippen LogP contribution in [0.25, 0.3) is 0 Å². The number of allylic oxidation sites excluding steroid dienone is 5. The summed E-state index contributed by atoms with van der Waals surface area (Å²) in [7, 11) is 0. The van der Waals surface area contributed by atoms with Gasteiger partial charge in [0.1, 0.15) is 0 Å². The summed E-state index contributed by atoms with van der Waals surface area (Å²) in [5.74, 6) is 0.417. The van der Waals surface area contributed by atoms with Crippen molar-refractivity contribution in [2.75, 3.05) is 0 Å². The van der Waals surface area contributed by atoms with Gasteiger partial charge >= 0.3 is 0 Å². The lowest BCUT2D eigenvalue weighted by Crippen LogP contribution is -2.19. The van der Waals surface area contributed by atoms with E-state index in [2.05, 4.69) is 57.8 Å². The summed E-state index contributed by atoms with van der Waals surface area (Å²) in [6, 6.07) is 0. The minimum absolute atomic E-state index is 0.150. The Labute approximate surface area is 123 Å². The average molecular weight is 273 g/mol. The first-order valence-corrected chi connectivity index (χ1v) is 7.36. The minimum atomic E-state index is -0.150.